The number of aliphatic hydroxyl groups is 1. The second kappa shape index (κ2) is 6.17. The fraction of sp³-hybridized carbons (Fsp3) is 1.00. The summed E-state index contributed by atoms with van der Waals surface area (Å²) in [4.78, 5) is 2.54. The van der Waals surface area contributed by atoms with Crippen molar-refractivity contribution in [1.29, 1.82) is 0 Å². The summed E-state index contributed by atoms with van der Waals surface area (Å²) < 4.78 is 0. The molecule has 0 aromatic rings. The summed E-state index contributed by atoms with van der Waals surface area (Å²) in [6, 6.07) is 0. The lowest BCUT2D eigenvalue weighted by atomic mass is 9.85. The van der Waals surface area contributed by atoms with Gasteiger partial charge in [0.15, 0.2) is 0 Å². The summed E-state index contributed by atoms with van der Waals surface area (Å²) in [7, 11) is 0. The van der Waals surface area contributed by atoms with Gasteiger partial charge in [-0.1, -0.05) is 13.8 Å². The van der Waals surface area contributed by atoms with Crippen molar-refractivity contribution in [3.63, 3.8) is 0 Å². The maximum absolute atomic E-state index is 9.85. The summed E-state index contributed by atoms with van der Waals surface area (Å²) in [6.07, 6.45) is 5.79. The lowest BCUT2D eigenvalue weighted by Crippen LogP contribution is -2.35. The molecule has 0 radical (unpaired) electrons. The van der Waals surface area contributed by atoms with Crippen LogP contribution in [0.4, 0.5) is 0 Å². The quantitative estimate of drug-likeness (QED) is 0.775. The molecule has 1 aliphatic rings. The molecule has 3 heteroatoms. The first kappa shape index (κ1) is 14.9. The Morgan fingerprint density at radius 3 is 2.65 bits per heavy atom. The van der Waals surface area contributed by atoms with Crippen LogP contribution in [0.2, 0.25) is 0 Å². The minimum Gasteiger partial charge on any atom is -0.389 e. The molecule has 1 saturated heterocycles. The second-order valence-corrected chi connectivity index (χ2v) is 6.66. The van der Waals surface area contributed by atoms with E-state index in [1.165, 1.54) is 32.4 Å². The van der Waals surface area contributed by atoms with E-state index < -0.39 is 5.60 Å². The van der Waals surface area contributed by atoms with E-state index in [9.17, 15) is 5.11 Å². The average Bonchev–Trinajstić information content (AvgIpc) is 2.40. The first-order valence-corrected chi connectivity index (χ1v) is 6.99. The predicted octanol–water partition coefficient (Wildman–Crippen LogP) is 1.99. The Balaban J connectivity index is 2.24. The van der Waals surface area contributed by atoms with Crippen LogP contribution >= 0.6 is 0 Å². The monoisotopic (exact) mass is 242 g/mol. The molecule has 1 heterocycles. The Bertz CT molecular complexity index is 226. The van der Waals surface area contributed by atoms with Crippen LogP contribution in [0.5, 0.6) is 0 Å². The Morgan fingerprint density at radius 2 is 2.00 bits per heavy atom. The molecule has 0 spiro atoms. The summed E-state index contributed by atoms with van der Waals surface area (Å²) in [5.41, 5.74) is 5.36. The van der Waals surface area contributed by atoms with Gasteiger partial charge < -0.3 is 15.7 Å². The van der Waals surface area contributed by atoms with Crippen molar-refractivity contribution in [3.8, 4) is 0 Å². The van der Waals surface area contributed by atoms with Crippen LogP contribution in [0.25, 0.3) is 0 Å². The van der Waals surface area contributed by atoms with Gasteiger partial charge in [-0.3, -0.25) is 0 Å². The first-order chi connectivity index (χ1) is 7.85. The number of hydrogen-bond donors (Lipinski definition) is 2. The second-order valence-electron chi connectivity index (χ2n) is 6.66. The van der Waals surface area contributed by atoms with Crippen LogP contribution < -0.4 is 5.73 Å². The van der Waals surface area contributed by atoms with Crippen LogP contribution in [-0.2, 0) is 0 Å². The van der Waals surface area contributed by atoms with Crippen molar-refractivity contribution in [2.24, 2.45) is 11.1 Å². The number of nitrogens with two attached hydrogens (primary N) is 1. The Labute approximate surface area is 106 Å². The third kappa shape index (κ3) is 5.84. The molecule has 0 saturated carbocycles. The first-order valence-electron chi connectivity index (χ1n) is 6.99. The van der Waals surface area contributed by atoms with Crippen LogP contribution in [0.15, 0.2) is 0 Å². The van der Waals surface area contributed by atoms with E-state index in [1.54, 1.807) is 0 Å². The Hall–Kier alpha value is -0.120. The Kier molecular flexibility index (Phi) is 5.42. The van der Waals surface area contributed by atoms with E-state index >= 15 is 0 Å². The van der Waals surface area contributed by atoms with Crippen molar-refractivity contribution < 1.29 is 5.11 Å². The highest BCUT2D eigenvalue weighted by atomic mass is 16.3. The molecule has 17 heavy (non-hydrogen) atoms. The lowest BCUT2D eigenvalue weighted by Gasteiger charge is -2.25. The summed E-state index contributed by atoms with van der Waals surface area (Å²) in [6.45, 7) is 10.5. The van der Waals surface area contributed by atoms with Gasteiger partial charge in [0.25, 0.3) is 0 Å². The number of rotatable bonds is 5. The maximum Gasteiger partial charge on any atom is 0.0741 e. The average molecular weight is 242 g/mol. The van der Waals surface area contributed by atoms with Gasteiger partial charge in [-0.05, 0) is 64.1 Å². The van der Waals surface area contributed by atoms with Gasteiger partial charge in [-0.2, -0.15) is 0 Å². The molecule has 0 amide bonds. The van der Waals surface area contributed by atoms with E-state index in [2.05, 4.69) is 18.7 Å². The molecule has 0 aliphatic carbocycles. The molecule has 1 fully saturated rings. The molecule has 0 bridgehead atoms. The van der Waals surface area contributed by atoms with Gasteiger partial charge in [0.1, 0.15) is 0 Å². The smallest absolute Gasteiger partial charge is 0.0741 e. The molecule has 102 valence electrons. The van der Waals surface area contributed by atoms with Crippen molar-refractivity contribution in [2.75, 3.05) is 26.2 Å². The predicted molar refractivity (Wildman–Crippen MR) is 73.0 cm³/mol. The normalized spacial score (nSPS) is 25.2. The van der Waals surface area contributed by atoms with E-state index in [1.807, 2.05) is 6.92 Å². The molecule has 1 aliphatic heterocycles. The summed E-state index contributed by atoms with van der Waals surface area (Å²) >= 11 is 0. The zero-order chi connectivity index (χ0) is 12.9. The maximum atomic E-state index is 9.85. The van der Waals surface area contributed by atoms with Gasteiger partial charge in [-0.15, -0.1) is 0 Å². The minimum atomic E-state index is -0.675. The molecule has 0 aromatic heterocycles. The van der Waals surface area contributed by atoms with Crippen LogP contribution in [0.3, 0.4) is 0 Å². The fourth-order valence-electron chi connectivity index (χ4n) is 2.49. The summed E-state index contributed by atoms with van der Waals surface area (Å²) in [5, 5.41) is 9.85. The lowest BCUT2D eigenvalue weighted by molar-refractivity contribution is 0.0544. The Morgan fingerprint density at radius 1 is 1.29 bits per heavy atom. The third-order valence-corrected chi connectivity index (χ3v) is 4.06. The minimum absolute atomic E-state index is 0.361. The molecule has 3 N–H and O–H groups in total. The number of nitrogens with zero attached hydrogens (tertiary/aromatic N) is 1. The van der Waals surface area contributed by atoms with Crippen molar-refractivity contribution in [1.82, 2.24) is 4.90 Å². The van der Waals surface area contributed by atoms with Gasteiger partial charge in [0.05, 0.1) is 5.60 Å². The molecule has 1 unspecified atom stereocenters. The topological polar surface area (TPSA) is 49.5 Å². The van der Waals surface area contributed by atoms with Crippen LogP contribution in [0, 0.1) is 5.41 Å². The van der Waals surface area contributed by atoms with E-state index in [-0.39, 0.29) is 0 Å². The van der Waals surface area contributed by atoms with Crippen LogP contribution in [-0.4, -0.2) is 41.8 Å². The molecular weight excluding hydrogens is 212 g/mol. The van der Waals surface area contributed by atoms with Crippen LogP contribution in [0.1, 0.15) is 52.9 Å². The molecule has 1 rings (SSSR count). The van der Waals surface area contributed by atoms with Crippen molar-refractivity contribution in [2.45, 2.75) is 58.5 Å². The molecular formula is C14H30N2O. The highest BCUT2D eigenvalue weighted by molar-refractivity contribution is 4.78. The highest BCUT2D eigenvalue weighted by Gasteiger charge is 2.23. The summed E-state index contributed by atoms with van der Waals surface area (Å²) in [5.74, 6) is 0. The molecule has 3 nitrogen and oxygen atoms in total. The van der Waals surface area contributed by atoms with Gasteiger partial charge in [0, 0.05) is 6.54 Å². The SMILES string of the molecule is CC1(C)CCCN(CCCC(C)(O)CN)CC1. The zero-order valence-corrected chi connectivity index (χ0v) is 11.8. The van der Waals surface area contributed by atoms with Gasteiger partial charge >= 0.3 is 0 Å². The fourth-order valence-corrected chi connectivity index (χ4v) is 2.49. The molecule has 0 aromatic carbocycles. The standard InChI is InChI=1S/C14H30N2O/c1-13(2)6-4-9-16(11-8-13)10-5-7-14(3,17)12-15/h17H,4-12,15H2,1-3H3. The van der Waals surface area contributed by atoms with E-state index in [0.29, 0.717) is 12.0 Å². The molecule has 1 atom stereocenters. The third-order valence-electron chi connectivity index (χ3n) is 4.06. The van der Waals surface area contributed by atoms with Gasteiger partial charge in [-0.25, -0.2) is 0 Å². The zero-order valence-electron chi connectivity index (χ0n) is 11.8. The van der Waals surface area contributed by atoms with Crippen molar-refractivity contribution in [3.05, 3.63) is 0 Å². The van der Waals surface area contributed by atoms with Gasteiger partial charge in [0.2, 0.25) is 0 Å². The number of hydrogen-bond acceptors (Lipinski definition) is 3. The highest BCUT2D eigenvalue weighted by Crippen LogP contribution is 2.29. The largest absolute Gasteiger partial charge is 0.389 e. The van der Waals surface area contributed by atoms with E-state index in [0.717, 1.165) is 19.4 Å². The number of likely N-dealkylation sites (tertiary alicyclic amines) is 1. The van der Waals surface area contributed by atoms with Crippen molar-refractivity contribution >= 4 is 0 Å². The van der Waals surface area contributed by atoms with E-state index in [4.69, 9.17) is 5.73 Å².